The third-order valence-corrected chi connectivity index (χ3v) is 4.35. The van der Waals surface area contributed by atoms with E-state index in [2.05, 4.69) is 19.2 Å². The molecule has 0 aromatic carbocycles. The van der Waals surface area contributed by atoms with E-state index in [-0.39, 0.29) is 12.1 Å². The zero-order chi connectivity index (χ0) is 11.9. The monoisotopic (exact) mass is 247 g/mol. The van der Waals surface area contributed by atoms with Gasteiger partial charge in [-0.25, -0.2) is 0 Å². The molecular formula is C12H25NO2S. The van der Waals surface area contributed by atoms with Crippen molar-refractivity contribution < 1.29 is 9.84 Å². The van der Waals surface area contributed by atoms with E-state index in [0.29, 0.717) is 6.10 Å². The molecule has 96 valence electrons. The molecule has 1 aliphatic heterocycles. The van der Waals surface area contributed by atoms with Gasteiger partial charge in [-0.2, -0.15) is 11.8 Å². The van der Waals surface area contributed by atoms with Crippen LogP contribution in [0.3, 0.4) is 0 Å². The maximum absolute atomic E-state index is 9.40. The molecular weight excluding hydrogens is 222 g/mol. The van der Waals surface area contributed by atoms with Gasteiger partial charge in [-0.1, -0.05) is 6.92 Å². The molecule has 0 aliphatic carbocycles. The van der Waals surface area contributed by atoms with E-state index in [0.717, 1.165) is 31.1 Å². The van der Waals surface area contributed by atoms with Crippen molar-refractivity contribution >= 4 is 11.8 Å². The van der Waals surface area contributed by atoms with Gasteiger partial charge in [0.1, 0.15) is 0 Å². The van der Waals surface area contributed by atoms with E-state index in [4.69, 9.17) is 4.74 Å². The molecule has 1 aliphatic rings. The Balaban J connectivity index is 2.16. The van der Waals surface area contributed by atoms with Crippen molar-refractivity contribution in [1.29, 1.82) is 0 Å². The fourth-order valence-electron chi connectivity index (χ4n) is 1.77. The normalized spacial score (nSPS) is 24.6. The third-order valence-electron chi connectivity index (χ3n) is 2.90. The van der Waals surface area contributed by atoms with Crippen LogP contribution in [0.5, 0.6) is 0 Å². The highest BCUT2D eigenvalue weighted by Crippen LogP contribution is 2.20. The van der Waals surface area contributed by atoms with Gasteiger partial charge in [-0.3, -0.25) is 0 Å². The summed E-state index contributed by atoms with van der Waals surface area (Å²) in [7, 11) is 0. The third kappa shape index (κ3) is 5.04. The first-order valence-electron chi connectivity index (χ1n) is 6.25. The Labute approximate surface area is 103 Å². The predicted octanol–water partition coefficient (Wildman–Crippen LogP) is 1.65. The number of aliphatic hydroxyl groups is 1. The molecule has 1 rings (SSSR count). The SMILES string of the molecule is CCCNC(C)(CO)CSCC1CCCO1. The highest BCUT2D eigenvalue weighted by Gasteiger charge is 2.23. The van der Waals surface area contributed by atoms with Crippen molar-refractivity contribution in [2.24, 2.45) is 0 Å². The molecule has 0 aromatic rings. The molecule has 1 saturated heterocycles. The quantitative estimate of drug-likeness (QED) is 0.684. The van der Waals surface area contributed by atoms with Gasteiger partial charge in [-0.15, -0.1) is 0 Å². The van der Waals surface area contributed by atoms with Crippen LogP contribution in [0.1, 0.15) is 33.1 Å². The maximum Gasteiger partial charge on any atom is 0.0666 e. The molecule has 3 nitrogen and oxygen atoms in total. The fourth-order valence-corrected chi connectivity index (χ4v) is 3.06. The number of rotatable bonds is 8. The summed E-state index contributed by atoms with van der Waals surface area (Å²) in [4.78, 5) is 0. The van der Waals surface area contributed by atoms with Crippen molar-refractivity contribution in [2.75, 3.05) is 31.3 Å². The Morgan fingerprint density at radius 3 is 2.94 bits per heavy atom. The van der Waals surface area contributed by atoms with Gasteiger partial charge >= 0.3 is 0 Å². The van der Waals surface area contributed by atoms with E-state index < -0.39 is 0 Å². The van der Waals surface area contributed by atoms with E-state index in [1.165, 1.54) is 12.8 Å². The van der Waals surface area contributed by atoms with Crippen LogP contribution >= 0.6 is 11.8 Å². The summed E-state index contributed by atoms with van der Waals surface area (Å²) in [5, 5.41) is 12.8. The van der Waals surface area contributed by atoms with Gasteiger partial charge in [0, 0.05) is 23.7 Å². The second-order valence-corrected chi connectivity index (χ2v) is 5.83. The minimum atomic E-state index is -0.140. The summed E-state index contributed by atoms with van der Waals surface area (Å²) in [6, 6.07) is 0. The molecule has 1 fully saturated rings. The lowest BCUT2D eigenvalue weighted by atomic mass is 10.1. The summed E-state index contributed by atoms with van der Waals surface area (Å²) >= 11 is 1.88. The fraction of sp³-hybridized carbons (Fsp3) is 1.00. The van der Waals surface area contributed by atoms with Crippen LogP contribution in [-0.4, -0.2) is 48.0 Å². The van der Waals surface area contributed by atoms with E-state index in [9.17, 15) is 5.11 Å². The average Bonchev–Trinajstić information content (AvgIpc) is 2.79. The molecule has 2 N–H and O–H groups in total. The Morgan fingerprint density at radius 2 is 2.38 bits per heavy atom. The first kappa shape index (κ1) is 14.3. The van der Waals surface area contributed by atoms with Gasteiger partial charge in [0.25, 0.3) is 0 Å². The van der Waals surface area contributed by atoms with E-state index in [1.54, 1.807) is 0 Å². The van der Waals surface area contributed by atoms with Crippen molar-refractivity contribution in [3.63, 3.8) is 0 Å². The number of nitrogens with one attached hydrogen (secondary N) is 1. The van der Waals surface area contributed by atoms with Gasteiger partial charge in [0.2, 0.25) is 0 Å². The Hall–Kier alpha value is 0.230. The number of ether oxygens (including phenoxy) is 1. The molecule has 0 saturated carbocycles. The van der Waals surface area contributed by atoms with Gasteiger partial charge in [0.05, 0.1) is 12.7 Å². The van der Waals surface area contributed by atoms with Gasteiger partial charge < -0.3 is 15.2 Å². The van der Waals surface area contributed by atoms with E-state index >= 15 is 0 Å². The molecule has 0 aromatic heterocycles. The minimum Gasteiger partial charge on any atom is -0.394 e. The van der Waals surface area contributed by atoms with Crippen molar-refractivity contribution in [3.05, 3.63) is 0 Å². The first-order chi connectivity index (χ1) is 7.70. The second kappa shape index (κ2) is 7.54. The number of hydrogen-bond acceptors (Lipinski definition) is 4. The van der Waals surface area contributed by atoms with Crippen LogP contribution in [0.25, 0.3) is 0 Å². The molecule has 0 radical (unpaired) electrons. The summed E-state index contributed by atoms with van der Waals surface area (Å²) in [6.07, 6.45) is 3.95. The maximum atomic E-state index is 9.40. The topological polar surface area (TPSA) is 41.5 Å². The molecule has 1 heterocycles. The van der Waals surface area contributed by atoms with Crippen LogP contribution in [0, 0.1) is 0 Å². The molecule has 2 atom stereocenters. The van der Waals surface area contributed by atoms with Crippen LogP contribution in [-0.2, 0) is 4.74 Å². The first-order valence-corrected chi connectivity index (χ1v) is 7.41. The molecule has 0 spiro atoms. The molecule has 4 heteroatoms. The van der Waals surface area contributed by atoms with Crippen LogP contribution < -0.4 is 5.32 Å². The van der Waals surface area contributed by atoms with Crippen molar-refractivity contribution in [1.82, 2.24) is 5.32 Å². The van der Waals surface area contributed by atoms with Crippen LogP contribution in [0.4, 0.5) is 0 Å². The minimum absolute atomic E-state index is 0.140. The smallest absolute Gasteiger partial charge is 0.0666 e. The lowest BCUT2D eigenvalue weighted by Gasteiger charge is -2.28. The molecule has 0 amide bonds. The average molecular weight is 247 g/mol. The standard InChI is InChI=1S/C12H25NO2S/c1-3-6-13-12(2,9-14)10-16-8-11-5-4-7-15-11/h11,13-14H,3-10H2,1-2H3. The lowest BCUT2D eigenvalue weighted by molar-refractivity contribution is 0.128. The predicted molar refractivity (Wildman–Crippen MR) is 70.1 cm³/mol. The Bertz CT molecular complexity index is 186. The molecule has 0 bridgehead atoms. The second-order valence-electron chi connectivity index (χ2n) is 4.80. The zero-order valence-electron chi connectivity index (χ0n) is 10.5. The van der Waals surface area contributed by atoms with E-state index in [1.807, 2.05) is 11.8 Å². The van der Waals surface area contributed by atoms with Gasteiger partial charge in [-0.05, 0) is 32.7 Å². The summed E-state index contributed by atoms with van der Waals surface area (Å²) in [5.41, 5.74) is -0.140. The number of aliphatic hydroxyl groups excluding tert-OH is 1. The van der Waals surface area contributed by atoms with Crippen molar-refractivity contribution in [2.45, 2.75) is 44.8 Å². The lowest BCUT2D eigenvalue weighted by Crippen LogP contribution is -2.48. The summed E-state index contributed by atoms with van der Waals surface area (Å²) in [5.74, 6) is 2.01. The zero-order valence-corrected chi connectivity index (χ0v) is 11.3. The largest absolute Gasteiger partial charge is 0.394 e. The Morgan fingerprint density at radius 1 is 1.56 bits per heavy atom. The number of hydrogen-bond donors (Lipinski definition) is 2. The van der Waals surface area contributed by atoms with Gasteiger partial charge in [0.15, 0.2) is 0 Å². The number of thioether (sulfide) groups is 1. The highest BCUT2D eigenvalue weighted by atomic mass is 32.2. The molecule has 16 heavy (non-hydrogen) atoms. The van der Waals surface area contributed by atoms with Crippen LogP contribution in [0.2, 0.25) is 0 Å². The summed E-state index contributed by atoms with van der Waals surface area (Å²) < 4.78 is 5.58. The summed E-state index contributed by atoms with van der Waals surface area (Å²) in [6.45, 7) is 6.33. The molecule has 2 unspecified atom stereocenters. The van der Waals surface area contributed by atoms with Crippen molar-refractivity contribution in [3.8, 4) is 0 Å². The highest BCUT2D eigenvalue weighted by molar-refractivity contribution is 7.99. The Kier molecular flexibility index (Phi) is 6.73. The van der Waals surface area contributed by atoms with Crippen LogP contribution in [0.15, 0.2) is 0 Å².